The first-order valence-electron chi connectivity index (χ1n) is 8.98. The van der Waals surface area contributed by atoms with Crippen LogP contribution in [0.4, 0.5) is 0 Å². The standard InChI is InChI=1S/C18H23N5O2/c24-17(20-15-11-18(25-12-15)8-2-1-3-9-18)10-14-4-6-16(7-5-14)23-13-19-21-22-23/h4-7,13,15H,1-3,8-12H2,(H,20,24)/t15-/m0/s1. The average molecular weight is 341 g/mol. The fourth-order valence-corrected chi connectivity index (χ4v) is 3.99. The van der Waals surface area contributed by atoms with Crippen molar-refractivity contribution in [1.82, 2.24) is 25.5 Å². The van der Waals surface area contributed by atoms with E-state index < -0.39 is 0 Å². The molecule has 1 amide bonds. The van der Waals surface area contributed by atoms with Crippen LogP contribution in [0.1, 0.15) is 44.1 Å². The first kappa shape index (κ1) is 16.2. The number of hydrogen-bond donors (Lipinski definition) is 1. The van der Waals surface area contributed by atoms with Crippen LogP contribution in [0.3, 0.4) is 0 Å². The largest absolute Gasteiger partial charge is 0.373 e. The summed E-state index contributed by atoms with van der Waals surface area (Å²) < 4.78 is 7.65. The number of aromatic nitrogens is 4. The van der Waals surface area contributed by atoms with Crippen molar-refractivity contribution in [2.75, 3.05) is 6.61 Å². The third-order valence-electron chi connectivity index (χ3n) is 5.25. The molecule has 1 N–H and O–H groups in total. The quantitative estimate of drug-likeness (QED) is 0.917. The van der Waals surface area contributed by atoms with E-state index in [0.29, 0.717) is 13.0 Å². The molecule has 1 saturated carbocycles. The van der Waals surface area contributed by atoms with E-state index >= 15 is 0 Å². The average Bonchev–Trinajstić information content (AvgIpc) is 3.27. The molecule has 0 bridgehead atoms. The van der Waals surface area contributed by atoms with Crippen molar-refractivity contribution in [3.05, 3.63) is 36.2 Å². The topological polar surface area (TPSA) is 81.9 Å². The highest BCUT2D eigenvalue weighted by Crippen LogP contribution is 2.39. The zero-order valence-electron chi connectivity index (χ0n) is 14.2. The molecule has 1 spiro atoms. The number of hydrogen-bond acceptors (Lipinski definition) is 5. The van der Waals surface area contributed by atoms with Crippen LogP contribution in [-0.2, 0) is 16.0 Å². The van der Waals surface area contributed by atoms with E-state index in [0.717, 1.165) is 30.5 Å². The molecule has 132 valence electrons. The summed E-state index contributed by atoms with van der Waals surface area (Å²) in [6.07, 6.45) is 8.95. The smallest absolute Gasteiger partial charge is 0.224 e. The van der Waals surface area contributed by atoms with Crippen molar-refractivity contribution >= 4 is 5.91 Å². The molecule has 2 fully saturated rings. The minimum atomic E-state index is 0.0314. The molecule has 2 aromatic rings. The molecule has 1 saturated heterocycles. The van der Waals surface area contributed by atoms with Gasteiger partial charge in [-0.3, -0.25) is 4.79 Å². The summed E-state index contributed by atoms with van der Waals surface area (Å²) in [5, 5.41) is 14.2. The van der Waals surface area contributed by atoms with Crippen molar-refractivity contribution < 1.29 is 9.53 Å². The number of nitrogens with zero attached hydrogens (tertiary/aromatic N) is 4. The Labute approximate surface area is 146 Å². The van der Waals surface area contributed by atoms with Crippen LogP contribution in [0.15, 0.2) is 30.6 Å². The van der Waals surface area contributed by atoms with Gasteiger partial charge in [0.15, 0.2) is 0 Å². The predicted octanol–water partition coefficient (Wildman–Crippen LogP) is 1.81. The first-order chi connectivity index (χ1) is 12.2. The fourth-order valence-electron chi connectivity index (χ4n) is 3.99. The number of carbonyl (C=O) groups excluding carboxylic acids is 1. The van der Waals surface area contributed by atoms with Gasteiger partial charge in [-0.2, -0.15) is 0 Å². The van der Waals surface area contributed by atoms with Gasteiger partial charge in [-0.05, 0) is 47.4 Å². The zero-order valence-corrected chi connectivity index (χ0v) is 14.2. The Bertz CT molecular complexity index is 708. The molecule has 2 aliphatic rings. The molecule has 1 aromatic carbocycles. The Morgan fingerprint density at radius 3 is 2.76 bits per heavy atom. The Morgan fingerprint density at radius 2 is 2.04 bits per heavy atom. The molecule has 1 atom stereocenters. The third-order valence-corrected chi connectivity index (χ3v) is 5.25. The SMILES string of the molecule is O=C(Cc1ccc(-n2cnnn2)cc1)N[C@@H]1COC2(CCCCC2)C1. The first-order valence-corrected chi connectivity index (χ1v) is 8.98. The van der Waals surface area contributed by atoms with E-state index in [1.165, 1.54) is 19.3 Å². The third kappa shape index (κ3) is 3.71. The molecule has 1 aromatic heterocycles. The number of ether oxygens (including phenoxy) is 1. The number of benzene rings is 1. The van der Waals surface area contributed by atoms with Crippen molar-refractivity contribution in [3.8, 4) is 5.69 Å². The monoisotopic (exact) mass is 341 g/mol. The van der Waals surface area contributed by atoms with Gasteiger partial charge in [-0.25, -0.2) is 4.68 Å². The van der Waals surface area contributed by atoms with Gasteiger partial charge in [0.1, 0.15) is 6.33 Å². The van der Waals surface area contributed by atoms with Crippen LogP contribution in [-0.4, -0.2) is 44.4 Å². The maximum Gasteiger partial charge on any atom is 0.224 e. The van der Waals surface area contributed by atoms with E-state index in [4.69, 9.17) is 4.74 Å². The molecule has 0 radical (unpaired) electrons. The number of nitrogens with one attached hydrogen (secondary N) is 1. The van der Waals surface area contributed by atoms with E-state index in [1.807, 2.05) is 24.3 Å². The lowest BCUT2D eigenvalue weighted by Crippen LogP contribution is -2.38. The second-order valence-corrected chi connectivity index (χ2v) is 7.12. The predicted molar refractivity (Wildman–Crippen MR) is 91.2 cm³/mol. The van der Waals surface area contributed by atoms with Gasteiger partial charge < -0.3 is 10.1 Å². The molecule has 2 heterocycles. The summed E-state index contributed by atoms with van der Waals surface area (Å²) in [5.41, 5.74) is 1.88. The van der Waals surface area contributed by atoms with Gasteiger partial charge in [0, 0.05) is 0 Å². The van der Waals surface area contributed by atoms with Crippen LogP contribution in [0.5, 0.6) is 0 Å². The van der Waals surface area contributed by atoms with E-state index in [-0.39, 0.29) is 17.6 Å². The Morgan fingerprint density at radius 1 is 1.24 bits per heavy atom. The van der Waals surface area contributed by atoms with E-state index in [9.17, 15) is 4.79 Å². The summed E-state index contributed by atoms with van der Waals surface area (Å²) in [6.45, 7) is 0.643. The highest BCUT2D eigenvalue weighted by Gasteiger charge is 2.41. The Balaban J connectivity index is 1.30. The zero-order chi connectivity index (χ0) is 17.1. The fraction of sp³-hybridized carbons (Fsp3) is 0.556. The molecule has 1 aliphatic heterocycles. The van der Waals surface area contributed by atoms with Crippen molar-refractivity contribution in [1.29, 1.82) is 0 Å². The van der Waals surface area contributed by atoms with Crippen LogP contribution < -0.4 is 5.32 Å². The Hall–Kier alpha value is -2.28. The lowest BCUT2D eigenvalue weighted by Gasteiger charge is -2.32. The normalized spacial score (nSPS) is 22.2. The lowest BCUT2D eigenvalue weighted by molar-refractivity contribution is -0.121. The maximum atomic E-state index is 12.3. The van der Waals surface area contributed by atoms with Gasteiger partial charge in [-0.15, -0.1) is 5.10 Å². The second kappa shape index (κ2) is 6.92. The van der Waals surface area contributed by atoms with Crippen LogP contribution in [0.25, 0.3) is 5.69 Å². The van der Waals surface area contributed by atoms with Crippen LogP contribution in [0.2, 0.25) is 0 Å². The van der Waals surface area contributed by atoms with E-state index in [1.54, 1.807) is 11.0 Å². The van der Waals surface area contributed by atoms with Gasteiger partial charge in [0.05, 0.1) is 30.4 Å². The molecule has 4 rings (SSSR count). The Kier molecular flexibility index (Phi) is 4.48. The maximum absolute atomic E-state index is 12.3. The number of amides is 1. The van der Waals surface area contributed by atoms with Gasteiger partial charge in [-0.1, -0.05) is 31.4 Å². The number of tetrazole rings is 1. The molecule has 0 unspecified atom stereocenters. The molecule has 7 nitrogen and oxygen atoms in total. The molecule has 1 aliphatic carbocycles. The summed E-state index contributed by atoms with van der Waals surface area (Å²) in [7, 11) is 0. The van der Waals surface area contributed by atoms with E-state index in [2.05, 4.69) is 20.8 Å². The minimum absolute atomic E-state index is 0.0314. The lowest BCUT2D eigenvalue weighted by atomic mass is 9.82. The highest BCUT2D eigenvalue weighted by atomic mass is 16.5. The summed E-state index contributed by atoms with van der Waals surface area (Å²) in [4.78, 5) is 12.3. The van der Waals surface area contributed by atoms with Crippen LogP contribution >= 0.6 is 0 Å². The molecule has 7 heteroatoms. The van der Waals surface area contributed by atoms with Crippen LogP contribution in [0, 0.1) is 0 Å². The molecular formula is C18H23N5O2. The van der Waals surface area contributed by atoms with Gasteiger partial charge >= 0.3 is 0 Å². The van der Waals surface area contributed by atoms with Crippen molar-refractivity contribution in [2.24, 2.45) is 0 Å². The van der Waals surface area contributed by atoms with Crippen molar-refractivity contribution in [3.63, 3.8) is 0 Å². The summed E-state index contributed by atoms with van der Waals surface area (Å²) >= 11 is 0. The van der Waals surface area contributed by atoms with Gasteiger partial charge in [0.25, 0.3) is 0 Å². The van der Waals surface area contributed by atoms with Crippen molar-refractivity contribution in [2.45, 2.75) is 56.6 Å². The minimum Gasteiger partial charge on any atom is -0.373 e. The molecular weight excluding hydrogens is 318 g/mol. The number of rotatable bonds is 4. The van der Waals surface area contributed by atoms with Gasteiger partial charge in [0.2, 0.25) is 5.91 Å². The summed E-state index contributed by atoms with van der Waals surface area (Å²) in [5.74, 6) is 0.0524. The molecule has 25 heavy (non-hydrogen) atoms. The number of carbonyl (C=O) groups is 1. The second-order valence-electron chi connectivity index (χ2n) is 7.12. The highest BCUT2D eigenvalue weighted by molar-refractivity contribution is 5.79. The summed E-state index contributed by atoms with van der Waals surface area (Å²) in [6, 6.07) is 7.84.